The van der Waals surface area contributed by atoms with Crippen molar-refractivity contribution >= 4 is 23.5 Å². The average Bonchev–Trinajstić information content (AvgIpc) is 2.38. The topological polar surface area (TPSA) is 15.6 Å². The van der Waals surface area contributed by atoms with E-state index in [1.54, 1.807) is 0 Å². The van der Waals surface area contributed by atoms with Crippen molar-refractivity contribution in [1.82, 2.24) is 0 Å². The predicted octanol–water partition coefficient (Wildman–Crippen LogP) is 4.12. The number of rotatable bonds is 3. The van der Waals surface area contributed by atoms with Crippen molar-refractivity contribution in [3.05, 3.63) is 64.7 Å². The normalized spacial score (nSPS) is 10.8. The van der Waals surface area contributed by atoms with Crippen LogP contribution in [0, 0.1) is 6.92 Å². The summed E-state index contributed by atoms with van der Waals surface area (Å²) in [4.78, 5) is 0. The number of benzene rings is 2. The first kappa shape index (κ1) is 12.7. The second kappa shape index (κ2) is 5.69. The van der Waals surface area contributed by atoms with Gasteiger partial charge in [-0.15, -0.1) is 0 Å². The Labute approximate surface area is 113 Å². The van der Waals surface area contributed by atoms with Crippen molar-refractivity contribution in [1.29, 1.82) is 0 Å². The molecule has 0 N–H and O–H groups in total. The van der Waals surface area contributed by atoms with Gasteiger partial charge < -0.3 is 0 Å². The lowest BCUT2D eigenvalue weighted by Crippen LogP contribution is -2.08. The van der Waals surface area contributed by atoms with Crippen LogP contribution in [0.2, 0.25) is 5.02 Å². The van der Waals surface area contributed by atoms with Crippen molar-refractivity contribution in [3.63, 3.8) is 0 Å². The summed E-state index contributed by atoms with van der Waals surface area (Å²) in [6, 6.07) is 15.8. The molecule has 0 saturated heterocycles. The molecule has 0 amide bonds. The minimum Gasteiger partial charge on any atom is -0.269 e. The molecule has 92 valence electrons. The highest BCUT2D eigenvalue weighted by Crippen LogP contribution is 2.16. The fourth-order valence-corrected chi connectivity index (χ4v) is 1.66. The Morgan fingerprint density at radius 3 is 2.22 bits per heavy atom. The van der Waals surface area contributed by atoms with Crippen LogP contribution in [0.3, 0.4) is 0 Å². The summed E-state index contributed by atoms with van der Waals surface area (Å²) in [5.41, 5.74) is 3.34. The standard InChI is InChI=1S/C15H15ClN2/c1-12-3-5-13(6-4-12)11-17-18(2)15-9-7-14(16)8-10-15/h3-11H,1-2H3/b17-11+. The van der Waals surface area contributed by atoms with E-state index in [9.17, 15) is 0 Å². The summed E-state index contributed by atoms with van der Waals surface area (Å²) in [5, 5.41) is 6.94. The van der Waals surface area contributed by atoms with Gasteiger partial charge in [0.25, 0.3) is 0 Å². The number of halogens is 1. The van der Waals surface area contributed by atoms with Crippen molar-refractivity contribution in [2.75, 3.05) is 12.1 Å². The summed E-state index contributed by atoms with van der Waals surface area (Å²) in [7, 11) is 1.91. The van der Waals surface area contributed by atoms with E-state index < -0.39 is 0 Å². The van der Waals surface area contributed by atoms with Crippen LogP contribution in [0.25, 0.3) is 0 Å². The van der Waals surface area contributed by atoms with E-state index in [1.165, 1.54) is 5.56 Å². The molecule has 0 saturated carbocycles. The predicted molar refractivity (Wildman–Crippen MR) is 78.6 cm³/mol. The molecule has 2 rings (SSSR count). The fourth-order valence-electron chi connectivity index (χ4n) is 1.53. The van der Waals surface area contributed by atoms with Crippen molar-refractivity contribution < 1.29 is 0 Å². The van der Waals surface area contributed by atoms with Gasteiger partial charge in [0.15, 0.2) is 0 Å². The summed E-state index contributed by atoms with van der Waals surface area (Å²) >= 11 is 5.85. The third-order valence-corrected chi connectivity index (χ3v) is 2.91. The van der Waals surface area contributed by atoms with Crippen LogP contribution in [-0.2, 0) is 0 Å². The second-order valence-corrected chi connectivity index (χ2v) is 4.59. The van der Waals surface area contributed by atoms with Gasteiger partial charge in [0.05, 0.1) is 11.9 Å². The number of hydrogen-bond donors (Lipinski definition) is 0. The first-order valence-electron chi connectivity index (χ1n) is 5.75. The first-order chi connectivity index (χ1) is 8.65. The summed E-state index contributed by atoms with van der Waals surface area (Å²) < 4.78 is 0. The van der Waals surface area contributed by atoms with Crippen molar-refractivity contribution in [2.24, 2.45) is 5.10 Å². The van der Waals surface area contributed by atoms with Gasteiger partial charge in [0.1, 0.15) is 0 Å². The number of anilines is 1. The highest BCUT2D eigenvalue weighted by molar-refractivity contribution is 6.30. The van der Waals surface area contributed by atoms with E-state index in [1.807, 2.05) is 42.5 Å². The van der Waals surface area contributed by atoms with Gasteiger partial charge in [-0.3, -0.25) is 5.01 Å². The van der Waals surface area contributed by atoms with E-state index >= 15 is 0 Å². The zero-order valence-corrected chi connectivity index (χ0v) is 11.2. The Bertz CT molecular complexity index is 529. The molecule has 0 unspecified atom stereocenters. The van der Waals surface area contributed by atoms with Crippen LogP contribution in [-0.4, -0.2) is 13.3 Å². The van der Waals surface area contributed by atoms with Crippen molar-refractivity contribution in [3.8, 4) is 0 Å². The maximum absolute atomic E-state index is 5.85. The second-order valence-electron chi connectivity index (χ2n) is 4.16. The maximum atomic E-state index is 5.85. The lowest BCUT2D eigenvalue weighted by atomic mass is 10.2. The highest BCUT2D eigenvalue weighted by atomic mass is 35.5. The lowest BCUT2D eigenvalue weighted by molar-refractivity contribution is 1.02. The quantitative estimate of drug-likeness (QED) is 0.597. The lowest BCUT2D eigenvalue weighted by Gasteiger charge is -2.12. The Morgan fingerprint density at radius 2 is 1.61 bits per heavy atom. The van der Waals surface area contributed by atoms with E-state index in [0.29, 0.717) is 0 Å². The molecule has 0 radical (unpaired) electrons. The molecule has 0 aliphatic heterocycles. The Hall–Kier alpha value is -1.80. The van der Waals surface area contributed by atoms with E-state index in [0.717, 1.165) is 16.3 Å². The van der Waals surface area contributed by atoms with Crippen LogP contribution in [0.5, 0.6) is 0 Å². The maximum Gasteiger partial charge on any atom is 0.0591 e. The zero-order valence-electron chi connectivity index (χ0n) is 10.5. The molecule has 2 nitrogen and oxygen atoms in total. The van der Waals surface area contributed by atoms with E-state index in [4.69, 9.17) is 11.6 Å². The van der Waals surface area contributed by atoms with Gasteiger partial charge in [0.2, 0.25) is 0 Å². The van der Waals surface area contributed by atoms with Crippen LogP contribution in [0.15, 0.2) is 53.6 Å². The number of aryl methyl sites for hydroxylation is 1. The van der Waals surface area contributed by atoms with Gasteiger partial charge in [0, 0.05) is 12.1 Å². The molecule has 18 heavy (non-hydrogen) atoms. The van der Waals surface area contributed by atoms with Crippen LogP contribution >= 0.6 is 11.6 Å². The minimum absolute atomic E-state index is 0.731. The first-order valence-corrected chi connectivity index (χ1v) is 6.13. The monoisotopic (exact) mass is 258 g/mol. The minimum atomic E-state index is 0.731. The van der Waals surface area contributed by atoms with Crippen LogP contribution in [0.1, 0.15) is 11.1 Å². The zero-order chi connectivity index (χ0) is 13.0. The average molecular weight is 259 g/mol. The summed E-state index contributed by atoms with van der Waals surface area (Å²) in [5.74, 6) is 0. The number of hydrogen-bond acceptors (Lipinski definition) is 2. The van der Waals surface area contributed by atoms with Crippen molar-refractivity contribution in [2.45, 2.75) is 6.92 Å². The molecule has 0 aliphatic carbocycles. The number of nitrogens with zero attached hydrogens (tertiary/aromatic N) is 2. The molecule has 0 aliphatic rings. The molecule has 0 spiro atoms. The number of hydrazone groups is 1. The molecule has 2 aromatic carbocycles. The van der Waals surface area contributed by atoms with Gasteiger partial charge in [-0.25, -0.2) is 0 Å². The van der Waals surface area contributed by atoms with E-state index in [2.05, 4.69) is 36.3 Å². The molecular weight excluding hydrogens is 244 g/mol. The fraction of sp³-hybridized carbons (Fsp3) is 0.133. The summed E-state index contributed by atoms with van der Waals surface area (Å²) in [6.07, 6.45) is 1.84. The Morgan fingerprint density at radius 1 is 1.00 bits per heavy atom. The molecule has 0 fully saturated rings. The van der Waals surface area contributed by atoms with Gasteiger partial charge >= 0.3 is 0 Å². The van der Waals surface area contributed by atoms with Gasteiger partial charge in [-0.1, -0.05) is 41.4 Å². The summed E-state index contributed by atoms with van der Waals surface area (Å²) in [6.45, 7) is 2.07. The molecule has 2 aromatic rings. The van der Waals surface area contributed by atoms with Crippen LogP contribution in [0.4, 0.5) is 5.69 Å². The van der Waals surface area contributed by atoms with Gasteiger partial charge in [-0.2, -0.15) is 5.10 Å². The molecule has 3 heteroatoms. The highest BCUT2D eigenvalue weighted by Gasteiger charge is 1.97. The largest absolute Gasteiger partial charge is 0.269 e. The molecule has 0 heterocycles. The smallest absolute Gasteiger partial charge is 0.0591 e. The molecule has 0 atom stereocenters. The van der Waals surface area contributed by atoms with Gasteiger partial charge in [-0.05, 0) is 36.8 Å². The molecule has 0 aromatic heterocycles. The Kier molecular flexibility index (Phi) is 4.00. The Balaban J connectivity index is 2.08. The van der Waals surface area contributed by atoms with Crippen LogP contribution < -0.4 is 5.01 Å². The molecular formula is C15H15ClN2. The van der Waals surface area contributed by atoms with E-state index in [-0.39, 0.29) is 0 Å². The third-order valence-electron chi connectivity index (χ3n) is 2.66. The molecule has 0 bridgehead atoms. The third kappa shape index (κ3) is 3.34. The SMILES string of the molecule is Cc1ccc(/C=N/N(C)c2ccc(Cl)cc2)cc1.